The highest BCUT2D eigenvalue weighted by molar-refractivity contribution is 9.10. The van der Waals surface area contributed by atoms with Crippen LogP contribution in [0, 0.1) is 5.82 Å². The van der Waals surface area contributed by atoms with Crippen LogP contribution < -0.4 is 10.2 Å². The number of piperidine rings is 1. The molecule has 19 heavy (non-hydrogen) atoms. The summed E-state index contributed by atoms with van der Waals surface area (Å²) < 4.78 is 14.0. The molecule has 1 aliphatic heterocycles. The van der Waals surface area contributed by atoms with Crippen LogP contribution in [-0.4, -0.2) is 25.0 Å². The van der Waals surface area contributed by atoms with Gasteiger partial charge in [0.2, 0.25) is 5.91 Å². The van der Waals surface area contributed by atoms with Crippen molar-refractivity contribution in [1.82, 2.24) is 5.32 Å². The second kappa shape index (κ2) is 6.48. The van der Waals surface area contributed by atoms with Gasteiger partial charge in [-0.3, -0.25) is 4.79 Å². The molecule has 0 saturated carbocycles. The number of amides is 1. The summed E-state index contributed by atoms with van der Waals surface area (Å²) in [5, 5.41) is 3.25. The zero-order chi connectivity index (χ0) is 13.8. The first-order chi connectivity index (χ1) is 9.13. The van der Waals surface area contributed by atoms with Crippen LogP contribution in [0.1, 0.15) is 26.2 Å². The predicted molar refractivity (Wildman–Crippen MR) is 77.8 cm³/mol. The average Bonchev–Trinajstić information content (AvgIpc) is 2.41. The largest absolute Gasteiger partial charge is 0.311 e. The summed E-state index contributed by atoms with van der Waals surface area (Å²) in [5.41, 5.74) is 0.633. The lowest BCUT2D eigenvalue weighted by atomic mass is 10.0. The van der Waals surface area contributed by atoms with Gasteiger partial charge in [-0.25, -0.2) is 4.39 Å². The zero-order valence-electron chi connectivity index (χ0n) is 11.0. The van der Waals surface area contributed by atoms with E-state index >= 15 is 0 Å². The lowest BCUT2D eigenvalue weighted by Gasteiger charge is -2.32. The van der Waals surface area contributed by atoms with Crippen molar-refractivity contribution in [3.05, 3.63) is 28.5 Å². The quantitative estimate of drug-likeness (QED) is 0.921. The molecule has 2 rings (SSSR count). The van der Waals surface area contributed by atoms with Gasteiger partial charge in [-0.15, -0.1) is 0 Å². The Morgan fingerprint density at radius 1 is 1.53 bits per heavy atom. The molecular formula is C14H18BrFN2O. The van der Waals surface area contributed by atoms with Crippen LogP contribution in [0.2, 0.25) is 0 Å². The van der Waals surface area contributed by atoms with Crippen molar-refractivity contribution >= 4 is 27.5 Å². The summed E-state index contributed by atoms with van der Waals surface area (Å²) >= 11 is 3.12. The van der Waals surface area contributed by atoms with E-state index in [4.69, 9.17) is 0 Å². The predicted octanol–water partition coefficient (Wildman–Crippen LogP) is 3.08. The van der Waals surface area contributed by atoms with E-state index in [1.54, 1.807) is 17.0 Å². The molecule has 0 bridgehead atoms. The second-order valence-electron chi connectivity index (χ2n) is 4.74. The number of nitrogens with one attached hydrogen (secondary N) is 1. The Kier molecular flexibility index (Phi) is 4.93. The maximum Gasteiger partial charge on any atom is 0.244 e. The van der Waals surface area contributed by atoms with Gasteiger partial charge in [-0.1, -0.05) is 6.92 Å². The summed E-state index contributed by atoms with van der Waals surface area (Å²) in [7, 11) is 0. The first-order valence-corrected chi connectivity index (χ1v) is 7.42. The monoisotopic (exact) mass is 328 g/mol. The number of carbonyl (C=O) groups excluding carboxylic acids is 1. The summed E-state index contributed by atoms with van der Waals surface area (Å²) in [6.07, 6.45) is 2.79. The van der Waals surface area contributed by atoms with Gasteiger partial charge in [0.05, 0.1) is 10.5 Å². The Labute approximate surface area is 121 Å². The molecule has 0 spiro atoms. The molecule has 1 aromatic carbocycles. The minimum atomic E-state index is -0.339. The van der Waals surface area contributed by atoms with Gasteiger partial charge in [-0.2, -0.15) is 0 Å². The Morgan fingerprint density at radius 2 is 2.32 bits per heavy atom. The minimum absolute atomic E-state index is 0.0430. The van der Waals surface area contributed by atoms with Gasteiger partial charge in [0.1, 0.15) is 5.82 Å². The number of anilines is 1. The van der Waals surface area contributed by atoms with Crippen LogP contribution in [0.5, 0.6) is 0 Å². The number of hydrogen-bond donors (Lipinski definition) is 1. The van der Waals surface area contributed by atoms with E-state index in [9.17, 15) is 9.18 Å². The van der Waals surface area contributed by atoms with Gasteiger partial charge in [-0.05, 0) is 59.9 Å². The molecule has 1 saturated heterocycles. The van der Waals surface area contributed by atoms with Crippen LogP contribution in [-0.2, 0) is 4.79 Å². The summed E-state index contributed by atoms with van der Waals surface area (Å²) in [6.45, 7) is 3.56. The molecule has 1 fully saturated rings. The molecule has 0 radical (unpaired) electrons. The topological polar surface area (TPSA) is 32.3 Å². The van der Waals surface area contributed by atoms with Gasteiger partial charge >= 0.3 is 0 Å². The molecule has 1 unspecified atom stereocenters. The number of hydrogen-bond acceptors (Lipinski definition) is 2. The SMILES string of the molecule is CCCNC1CCCN(c2ccc(Br)c(F)c2)C1=O. The van der Waals surface area contributed by atoms with Gasteiger partial charge < -0.3 is 10.2 Å². The van der Waals surface area contributed by atoms with Crippen molar-refractivity contribution in [2.75, 3.05) is 18.0 Å². The van der Waals surface area contributed by atoms with Crippen molar-refractivity contribution in [2.45, 2.75) is 32.2 Å². The molecule has 1 atom stereocenters. The van der Waals surface area contributed by atoms with Gasteiger partial charge in [0.15, 0.2) is 0 Å². The Morgan fingerprint density at radius 3 is 3.00 bits per heavy atom. The first-order valence-electron chi connectivity index (χ1n) is 6.63. The van der Waals surface area contributed by atoms with E-state index in [2.05, 4.69) is 28.2 Å². The minimum Gasteiger partial charge on any atom is -0.311 e. The van der Waals surface area contributed by atoms with Crippen molar-refractivity contribution in [3.8, 4) is 0 Å². The third-order valence-electron chi connectivity index (χ3n) is 3.29. The fourth-order valence-corrected chi connectivity index (χ4v) is 2.54. The fraction of sp³-hybridized carbons (Fsp3) is 0.500. The van der Waals surface area contributed by atoms with E-state index in [0.29, 0.717) is 16.7 Å². The second-order valence-corrected chi connectivity index (χ2v) is 5.59. The highest BCUT2D eigenvalue weighted by Gasteiger charge is 2.29. The van der Waals surface area contributed by atoms with Crippen molar-refractivity contribution in [2.24, 2.45) is 0 Å². The Hall–Kier alpha value is -0.940. The molecule has 5 heteroatoms. The van der Waals surface area contributed by atoms with Crippen molar-refractivity contribution < 1.29 is 9.18 Å². The average molecular weight is 329 g/mol. The third kappa shape index (κ3) is 3.34. The maximum atomic E-state index is 13.6. The summed E-state index contributed by atoms with van der Waals surface area (Å²) in [4.78, 5) is 14.0. The highest BCUT2D eigenvalue weighted by Crippen LogP contribution is 2.25. The first kappa shape index (κ1) is 14.5. The number of benzene rings is 1. The van der Waals surface area contributed by atoms with E-state index in [1.165, 1.54) is 6.07 Å². The molecule has 1 amide bonds. The van der Waals surface area contributed by atoms with Crippen LogP contribution in [0.25, 0.3) is 0 Å². The molecular weight excluding hydrogens is 311 g/mol. The van der Waals surface area contributed by atoms with Crippen LogP contribution in [0.15, 0.2) is 22.7 Å². The Balaban J connectivity index is 2.14. The fourth-order valence-electron chi connectivity index (χ4n) is 2.29. The van der Waals surface area contributed by atoms with E-state index < -0.39 is 0 Å². The molecule has 1 aliphatic rings. The van der Waals surface area contributed by atoms with Gasteiger partial charge in [0.25, 0.3) is 0 Å². The number of nitrogens with zero attached hydrogens (tertiary/aromatic N) is 1. The summed E-state index contributed by atoms with van der Waals surface area (Å²) in [6, 6.07) is 4.68. The standard InChI is InChI=1S/C14H18BrFN2O/c1-2-7-17-13-4-3-8-18(14(13)19)10-5-6-11(15)12(16)9-10/h5-6,9,13,17H,2-4,7-8H2,1H3. The molecule has 0 aromatic heterocycles. The summed E-state index contributed by atoms with van der Waals surface area (Å²) in [5.74, 6) is -0.296. The van der Waals surface area contributed by atoms with Crippen LogP contribution >= 0.6 is 15.9 Å². The lowest BCUT2D eigenvalue weighted by Crippen LogP contribution is -2.51. The highest BCUT2D eigenvalue weighted by atomic mass is 79.9. The van der Waals surface area contributed by atoms with Crippen molar-refractivity contribution in [1.29, 1.82) is 0 Å². The number of halogens is 2. The smallest absolute Gasteiger partial charge is 0.244 e. The Bertz CT molecular complexity index is 467. The molecule has 1 heterocycles. The molecule has 104 valence electrons. The zero-order valence-corrected chi connectivity index (χ0v) is 12.5. The normalized spacial score (nSPS) is 19.8. The van der Waals surface area contributed by atoms with Crippen molar-refractivity contribution in [3.63, 3.8) is 0 Å². The molecule has 1 aromatic rings. The molecule has 0 aliphatic carbocycles. The maximum absolute atomic E-state index is 13.6. The van der Waals surface area contributed by atoms with E-state index in [0.717, 1.165) is 25.8 Å². The van der Waals surface area contributed by atoms with Gasteiger partial charge in [0, 0.05) is 12.2 Å². The van der Waals surface area contributed by atoms with E-state index in [-0.39, 0.29) is 17.8 Å². The number of rotatable bonds is 4. The molecule has 1 N–H and O–H groups in total. The molecule has 3 nitrogen and oxygen atoms in total. The number of carbonyl (C=O) groups is 1. The lowest BCUT2D eigenvalue weighted by molar-refractivity contribution is -0.121. The third-order valence-corrected chi connectivity index (χ3v) is 3.94. The van der Waals surface area contributed by atoms with Crippen LogP contribution in [0.4, 0.5) is 10.1 Å². The van der Waals surface area contributed by atoms with Crippen LogP contribution in [0.3, 0.4) is 0 Å². The van der Waals surface area contributed by atoms with E-state index in [1.807, 2.05) is 0 Å².